The van der Waals surface area contributed by atoms with E-state index in [1.807, 2.05) is 0 Å². The molecule has 2 aromatic rings. The molecule has 0 radical (unpaired) electrons. The Balaban J connectivity index is 1.92. The number of rotatable bonds is 5. The van der Waals surface area contributed by atoms with Crippen LogP contribution in [-0.4, -0.2) is 33.2 Å². The van der Waals surface area contributed by atoms with Crippen LogP contribution in [0.5, 0.6) is 11.5 Å². The molecule has 0 aromatic heterocycles. The minimum atomic E-state index is -0.794. The topological polar surface area (TPSA) is 110 Å². The number of halogens is 2. The molecule has 150 valence electrons. The number of methoxy groups -OCH3 is 1. The molecule has 1 fully saturated rings. The van der Waals surface area contributed by atoms with Crippen molar-refractivity contribution in [2.24, 2.45) is 0 Å². The van der Waals surface area contributed by atoms with Crippen molar-refractivity contribution in [1.82, 2.24) is 4.90 Å². The number of imide groups is 1. The van der Waals surface area contributed by atoms with Gasteiger partial charge in [-0.15, -0.1) is 0 Å². The zero-order chi connectivity index (χ0) is 21.3. The summed E-state index contributed by atoms with van der Waals surface area (Å²) in [5, 5.41) is 20.4. The summed E-state index contributed by atoms with van der Waals surface area (Å²) in [6, 6.07) is 5.97. The summed E-state index contributed by atoms with van der Waals surface area (Å²) in [6.45, 7) is -0.153. The van der Waals surface area contributed by atoms with E-state index in [2.05, 4.69) is 0 Å². The highest BCUT2D eigenvalue weighted by Gasteiger charge is 2.35. The first-order valence-corrected chi connectivity index (χ1v) is 9.15. The molecular formula is C18H12ClFN2O6S. The number of phenols is 1. The molecule has 1 N–H and O–H groups in total. The van der Waals surface area contributed by atoms with E-state index in [1.54, 1.807) is 0 Å². The predicted octanol–water partition coefficient (Wildman–Crippen LogP) is 4.34. The van der Waals surface area contributed by atoms with Crippen LogP contribution in [0.1, 0.15) is 11.1 Å². The Bertz CT molecular complexity index is 1070. The van der Waals surface area contributed by atoms with Gasteiger partial charge >= 0.3 is 5.69 Å². The fraction of sp³-hybridized carbons (Fsp3) is 0.111. The molecule has 0 saturated carbocycles. The van der Waals surface area contributed by atoms with Gasteiger partial charge in [-0.2, -0.15) is 0 Å². The minimum absolute atomic E-state index is 0.0234. The van der Waals surface area contributed by atoms with Gasteiger partial charge in [0, 0.05) is 11.1 Å². The van der Waals surface area contributed by atoms with Crippen LogP contribution in [0.25, 0.3) is 6.08 Å². The number of ether oxygens (including phenoxy) is 1. The number of nitro groups is 1. The van der Waals surface area contributed by atoms with Crippen molar-refractivity contribution in [1.29, 1.82) is 0 Å². The molecule has 1 saturated heterocycles. The van der Waals surface area contributed by atoms with E-state index in [1.165, 1.54) is 25.3 Å². The van der Waals surface area contributed by atoms with Crippen molar-refractivity contribution in [3.05, 3.63) is 67.3 Å². The fourth-order valence-electron chi connectivity index (χ4n) is 2.60. The maximum Gasteiger partial charge on any atom is 0.315 e. The highest BCUT2D eigenvalue weighted by atomic mass is 35.5. The van der Waals surface area contributed by atoms with E-state index in [0.717, 1.165) is 23.1 Å². The van der Waals surface area contributed by atoms with Gasteiger partial charge in [0.25, 0.3) is 11.1 Å². The lowest BCUT2D eigenvalue weighted by Gasteiger charge is -2.13. The first-order valence-electron chi connectivity index (χ1n) is 7.96. The van der Waals surface area contributed by atoms with Crippen molar-refractivity contribution in [3.8, 4) is 11.5 Å². The Morgan fingerprint density at radius 3 is 2.69 bits per heavy atom. The van der Waals surface area contributed by atoms with E-state index in [0.29, 0.717) is 17.3 Å². The molecule has 1 aliphatic rings. The van der Waals surface area contributed by atoms with Crippen molar-refractivity contribution in [3.63, 3.8) is 0 Å². The third kappa shape index (κ3) is 4.17. The summed E-state index contributed by atoms with van der Waals surface area (Å²) in [5.41, 5.74) is -0.0249. The molecule has 0 aliphatic carbocycles. The van der Waals surface area contributed by atoms with Crippen LogP contribution in [0.15, 0.2) is 35.2 Å². The zero-order valence-corrected chi connectivity index (χ0v) is 16.3. The number of aromatic hydroxyl groups is 1. The van der Waals surface area contributed by atoms with Crippen LogP contribution in [0.4, 0.5) is 14.9 Å². The van der Waals surface area contributed by atoms with Crippen LogP contribution in [0.2, 0.25) is 5.02 Å². The Morgan fingerprint density at radius 2 is 2.07 bits per heavy atom. The largest absolute Gasteiger partial charge is 0.500 e. The number of nitro benzene ring substituents is 1. The number of nitrogens with zero attached hydrogens (tertiary/aromatic N) is 2. The maximum atomic E-state index is 13.2. The first-order chi connectivity index (χ1) is 13.7. The second-order valence-electron chi connectivity index (χ2n) is 5.85. The lowest BCUT2D eigenvalue weighted by atomic mass is 10.1. The van der Waals surface area contributed by atoms with E-state index < -0.39 is 33.3 Å². The fourth-order valence-corrected chi connectivity index (χ4v) is 3.67. The van der Waals surface area contributed by atoms with Gasteiger partial charge in [0.15, 0.2) is 5.75 Å². The number of carbonyl (C=O) groups excluding carboxylic acids is 2. The number of phenolic OH excluding ortho intramolecular Hbond substituents is 1. The van der Waals surface area contributed by atoms with E-state index in [9.17, 15) is 29.2 Å². The standard InChI is InChI=1S/C18H12ClFN2O6S/c1-28-14-5-9(4-13(16(14)23)22(26)27)6-15-17(24)21(18(25)29-15)8-10-2-3-11(20)7-12(10)19/h2-7,23H,8H2,1H3. The Hall–Kier alpha value is -3.11. The van der Waals surface area contributed by atoms with Gasteiger partial charge in [-0.25, -0.2) is 4.39 Å². The molecular weight excluding hydrogens is 427 g/mol. The van der Waals surface area contributed by atoms with Crippen LogP contribution in [-0.2, 0) is 11.3 Å². The molecule has 2 aromatic carbocycles. The molecule has 11 heteroatoms. The average Bonchev–Trinajstić information content (AvgIpc) is 2.92. The number of thioether (sulfide) groups is 1. The van der Waals surface area contributed by atoms with Crippen LogP contribution < -0.4 is 4.74 Å². The molecule has 0 spiro atoms. The molecule has 0 unspecified atom stereocenters. The SMILES string of the molecule is COc1cc(C=C2SC(=O)N(Cc3ccc(F)cc3Cl)C2=O)cc([N+](=O)[O-])c1O. The summed E-state index contributed by atoms with van der Waals surface area (Å²) in [7, 11) is 1.23. The molecule has 29 heavy (non-hydrogen) atoms. The minimum Gasteiger partial charge on any atom is -0.500 e. The lowest BCUT2D eigenvalue weighted by Crippen LogP contribution is -2.27. The number of hydrogen-bond acceptors (Lipinski definition) is 7. The number of amides is 2. The smallest absolute Gasteiger partial charge is 0.315 e. The summed E-state index contributed by atoms with van der Waals surface area (Å²) in [6.07, 6.45) is 1.28. The van der Waals surface area contributed by atoms with E-state index in [-0.39, 0.29) is 27.8 Å². The van der Waals surface area contributed by atoms with Crippen molar-refractivity contribution in [2.45, 2.75) is 6.54 Å². The normalized spacial score (nSPS) is 15.3. The average molecular weight is 439 g/mol. The van der Waals surface area contributed by atoms with Gasteiger partial charge in [0.2, 0.25) is 5.75 Å². The van der Waals surface area contributed by atoms with Gasteiger partial charge in [-0.1, -0.05) is 17.7 Å². The second-order valence-corrected chi connectivity index (χ2v) is 7.25. The maximum absolute atomic E-state index is 13.2. The quantitative estimate of drug-likeness (QED) is 0.420. The Kier molecular flexibility index (Phi) is 5.76. The molecule has 8 nitrogen and oxygen atoms in total. The summed E-state index contributed by atoms with van der Waals surface area (Å²) >= 11 is 6.60. The highest BCUT2D eigenvalue weighted by Crippen LogP contribution is 2.39. The van der Waals surface area contributed by atoms with Crippen LogP contribution in [0, 0.1) is 15.9 Å². The van der Waals surface area contributed by atoms with E-state index >= 15 is 0 Å². The summed E-state index contributed by atoms with van der Waals surface area (Å²) < 4.78 is 18.1. The molecule has 0 bridgehead atoms. The molecule has 1 aliphatic heterocycles. The molecule has 1 heterocycles. The molecule has 2 amide bonds. The Labute approximate surface area is 172 Å². The predicted molar refractivity (Wildman–Crippen MR) is 104 cm³/mol. The summed E-state index contributed by atoms with van der Waals surface area (Å²) in [5.74, 6) is -1.97. The number of hydrogen-bond donors (Lipinski definition) is 1. The summed E-state index contributed by atoms with van der Waals surface area (Å²) in [4.78, 5) is 36.1. The number of carbonyl (C=O) groups is 2. The Morgan fingerprint density at radius 1 is 1.34 bits per heavy atom. The third-order valence-corrected chi connectivity index (χ3v) is 5.27. The number of benzene rings is 2. The van der Waals surface area contributed by atoms with Gasteiger partial charge in [-0.3, -0.25) is 24.6 Å². The lowest BCUT2D eigenvalue weighted by molar-refractivity contribution is -0.386. The first kappa shape index (κ1) is 20.6. The van der Waals surface area contributed by atoms with Crippen molar-refractivity contribution in [2.75, 3.05) is 7.11 Å². The monoisotopic (exact) mass is 438 g/mol. The van der Waals surface area contributed by atoms with Gasteiger partial charge in [0.1, 0.15) is 5.82 Å². The van der Waals surface area contributed by atoms with Gasteiger partial charge in [-0.05, 0) is 47.2 Å². The van der Waals surface area contributed by atoms with Crippen molar-refractivity contribution >= 4 is 46.3 Å². The van der Waals surface area contributed by atoms with E-state index in [4.69, 9.17) is 16.3 Å². The third-order valence-electron chi connectivity index (χ3n) is 4.01. The van der Waals surface area contributed by atoms with Gasteiger partial charge in [0.05, 0.1) is 23.5 Å². The zero-order valence-electron chi connectivity index (χ0n) is 14.7. The van der Waals surface area contributed by atoms with Crippen molar-refractivity contribution < 1.29 is 28.7 Å². The highest BCUT2D eigenvalue weighted by molar-refractivity contribution is 8.18. The van der Waals surface area contributed by atoms with Crippen LogP contribution >= 0.6 is 23.4 Å². The second kappa shape index (κ2) is 8.10. The van der Waals surface area contributed by atoms with Gasteiger partial charge < -0.3 is 9.84 Å². The van der Waals surface area contributed by atoms with Crippen LogP contribution in [0.3, 0.4) is 0 Å². The molecule has 3 rings (SSSR count). The molecule has 0 atom stereocenters.